The van der Waals surface area contributed by atoms with E-state index in [1.54, 1.807) is 11.1 Å². The van der Waals surface area contributed by atoms with Crippen molar-refractivity contribution in [2.45, 2.75) is 0 Å². The SMILES string of the molecule is O=C(c1c(F)cccc1Cl)N1CCN(c2cc(N3CCOCC3)cnn2)CC1. The van der Waals surface area contributed by atoms with Crippen LogP contribution in [0.3, 0.4) is 0 Å². The lowest BCUT2D eigenvalue weighted by Crippen LogP contribution is -2.49. The van der Waals surface area contributed by atoms with Gasteiger partial charge in [-0.2, -0.15) is 5.10 Å². The van der Waals surface area contributed by atoms with Gasteiger partial charge in [-0.1, -0.05) is 17.7 Å². The van der Waals surface area contributed by atoms with Gasteiger partial charge in [-0.25, -0.2) is 4.39 Å². The third kappa shape index (κ3) is 3.88. The molecule has 3 heterocycles. The first-order valence-corrected chi connectivity index (χ1v) is 9.65. The van der Waals surface area contributed by atoms with Crippen LogP contribution in [0.15, 0.2) is 30.5 Å². The average molecular weight is 406 g/mol. The monoisotopic (exact) mass is 405 g/mol. The van der Waals surface area contributed by atoms with E-state index in [-0.39, 0.29) is 16.5 Å². The van der Waals surface area contributed by atoms with Crippen LogP contribution in [0, 0.1) is 5.82 Å². The van der Waals surface area contributed by atoms with Gasteiger partial charge in [0.1, 0.15) is 5.82 Å². The number of hydrogen-bond acceptors (Lipinski definition) is 6. The number of halogens is 2. The average Bonchev–Trinajstić information content (AvgIpc) is 2.74. The lowest BCUT2D eigenvalue weighted by molar-refractivity contribution is 0.0742. The van der Waals surface area contributed by atoms with Crippen LogP contribution in [-0.4, -0.2) is 73.5 Å². The molecule has 2 fully saturated rings. The summed E-state index contributed by atoms with van der Waals surface area (Å²) in [5.41, 5.74) is 0.955. The number of carbonyl (C=O) groups excluding carboxylic acids is 1. The largest absolute Gasteiger partial charge is 0.378 e. The Hall–Kier alpha value is -2.45. The molecule has 7 nitrogen and oxygen atoms in total. The number of nitrogens with zero attached hydrogens (tertiary/aromatic N) is 5. The van der Waals surface area contributed by atoms with E-state index in [0.717, 1.165) is 24.6 Å². The molecule has 0 radical (unpaired) electrons. The summed E-state index contributed by atoms with van der Waals surface area (Å²) >= 11 is 6.03. The van der Waals surface area contributed by atoms with Gasteiger partial charge in [-0.15, -0.1) is 5.10 Å². The summed E-state index contributed by atoms with van der Waals surface area (Å²) < 4.78 is 19.4. The number of hydrogen-bond donors (Lipinski definition) is 0. The third-order valence-corrected chi connectivity index (χ3v) is 5.39. The van der Waals surface area contributed by atoms with Crippen molar-refractivity contribution in [1.82, 2.24) is 15.1 Å². The quantitative estimate of drug-likeness (QED) is 0.779. The van der Waals surface area contributed by atoms with Crippen molar-refractivity contribution in [3.8, 4) is 0 Å². The van der Waals surface area contributed by atoms with E-state index in [1.807, 2.05) is 6.07 Å². The van der Waals surface area contributed by atoms with Crippen molar-refractivity contribution in [2.24, 2.45) is 0 Å². The molecule has 9 heteroatoms. The van der Waals surface area contributed by atoms with E-state index in [1.165, 1.54) is 18.2 Å². The smallest absolute Gasteiger partial charge is 0.258 e. The second-order valence-electron chi connectivity index (χ2n) is 6.75. The topological polar surface area (TPSA) is 61.8 Å². The molecule has 1 aromatic carbocycles. The van der Waals surface area contributed by atoms with Crippen LogP contribution in [0.25, 0.3) is 0 Å². The highest BCUT2D eigenvalue weighted by Crippen LogP contribution is 2.24. The van der Waals surface area contributed by atoms with Crippen LogP contribution in [0.2, 0.25) is 5.02 Å². The lowest BCUT2D eigenvalue weighted by atomic mass is 10.1. The van der Waals surface area contributed by atoms with Crippen LogP contribution >= 0.6 is 11.6 Å². The predicted molar refractivity (Wildman–Crippen MR) is 105 cm³/mol. The van der Waals surface area contributed by atoms with E-state index in [0.29, 0.717) is 39.4 Å². The summed E-state index contributed by atoms with van der Waals surface area (Å²) in [6.45, 7) is 5.19. The molecule has 2 saturated heterocycles. The highest BCUT2D eigenvalue weighted by atomic mass is 35.5. The van der Waals surface area contributed by atoms with Crippen molar-refractivity contribution >= 4 is 29.0 Å². The fourth-order valence-corrected chi connectivity index (χ4v) is 3.74. The minimum Gasteiger partial charge on any atom is -0.378 e. The summed E-state index contributed by atoms with van der Waals surface area (Å²) in [6.07, 6.45) is 1.76. The Morgan fingerprint density at radius 2 is 1.82 bits per heavy atom. The maximum atomic E-state index is 14.0. The Bertz CT molecular complexity index is 834. The van der Waals surface area contributed by atoms with Gasteiger partial charge in [-0.05, 0) is 12.1 Å². The molecule has 2 aliphatic rings. The maximum Gasteiger partial charge on any atom is 0.258 e. The number of piperazine rings is 1. The van der Waals surface area contributed by atoms with Gasteiger partial charge in [0.25, 0.3) is 5.91 Å². The van der Waals surface area contributed by atoms with Crippen molar-refractivity contribution in [1.29, 1.82) is 0 Å². The van der Waals surface area contributed by atoms with Crippen molar-refractivity contribution in [2.75, 3.05) is 62.3 Å². The summed E-state index contributed by atoms with van der Waals surface area (Å²) in [6, 6.07) is 6.29. The number of rotatable bonds is 3. The molecule has 1 aromatic heterocycles. The van der Waals surface area contributed by atoms with Gasteiger partial charge in [0, 0.05) is 45.3 Å². The minimum atomic E-state index is -0.594. The number of aromatic nitrogens is 2. The summed E-state index contributed by atoms with van der Waals surface area (Å²) in [4.78, 5) is 18.6. The van der Waals surface area contributed by atoms with Crippen LogP contribution in [-0.2, 0) is 4.74 Å². The highest BCUT2D eigenvalue weighted by Gasteiger charge is 2.26. The lowest BCUT2D eigenvalue weighted by Gasteiger charge is -2.36. The van der Waals surface area contributed by atoms with Gasteiger partial charge in [0.2, 0.25) is 0 Å². The Balaban J connectivity index is 1.42. The van der Waals surface area contributed by atoms with Gasteiger partial charge >= 0.3 is 0 Å². The van der Waals surface area contributed by atoms with Crippen LogP contribution in [0.4, 0.5) is 15.9 Å². The molecule has 0 atom stereocenters. The first kappa shape index (κ1) is 18.9. The number of benzene rings is 1. The molecule has 0 unspecified atom stereocenters. The van der Waals surface area contributed by atoms with E-state index in [9.17, 15) is 9.18 Å². The minimum absolute atomic E-state index is 0.0632. The van der Waals surface area contributed by atoms with Gasteiger partial charge in [-0.3, -0.25) is 4.79 Å². The highest BCUT2D eigenvalue weighted by molar-refractivity contribution is 6.33. The second kappa shape index (κ2) is 8.28. The number of ether oxygens (including phenoxy) is 1. The molecule has 2 aromatic rings. The van der Waals surface area contributed by atoms with Crippen molar-refractivity contribution in [3.05, 3.63) is 46.9 Å². The molecule has 0 bridgehead atoms. The van der Waals surface area contributed by atoms with Crippen molar-refractivity contribution < 1.29 is 13.9 Å². The third-order valence-electron chi connectivity index (χ3n) is 5.07. The molecule has 0 aliphatic carbocycles. The van der Waals surface area contributed by atoms with E-state index in [2.05, 4.69) is 20.0 Å². The Kier molecular flexibility index (Phi) is 5.59. The van der Waals surface area contributed by atoms with Crippen LogP contribution in [0.1, 0.15) is 10.4 Å². The molecule has 4 rings (SSSR count). The standard InChI is InChI=1S/C19H21ClFN5O2/c20-15-2-1-3-16(21)18(15)19(27)26-6-4-25(5-7-26)17-12-14(13-22-23-17)24-8-10-28-11-9-24/h1-3,12-13H,4-11H2. The fourth-order valence-electron chi connectivity index (χ4n) is 3.49. The number of carbonyl (C=O) groups is 1. The Morgan fingerprint density at radius 1 is 1.07 bits per heavy atom. The molecular formula is C19H21ClFN5O2. The zero-order valence-corrected chi connectivity index (χ0v) is 16.1. The Morgan fingerprint density at radius 3 is 2.54 bits per heavy atom. The van der Waals surface area contributed by atoms with Gasteiger partial charge < -0.3 is 19.4 Å². The zero-order chi connectivity index (χ0) is 19.5. The summed E-state index contributed by atoms with van der Waals surface area (Å²) in [7, 11) is 0. The van der Waals surface area contributed by atoms with Gasteiger partial charge in [0.15, 0.2) is 5.82 Å². The zero-order valence-electron chi connectivity index (χ0n) is 15.4. The van der Waals surface area contributed by atoms with E-state index < -0.39 is 5.82 Å². The molecular weight excluding hydrogens is 385 g/mol. The molecule has 1 amide bonds. The first-order chi connectivity index (χ1) is 13.6. The fraction of sp³-hybridized carbons (Fsp3) is 0.421. The Labute approximate surface area is 167 Å². The summed E-state index contributed by atoms with van der Waals surface area (Å²) in [5, 5.41) is 8.52. The van der Waals surface area contributed by atoms with Crippen molar-refractivity contribution in [3.63, 3.8) is 0 Å². The predicted octanol–water partition coefficient (Wildman–Crippen LogP) is 2.07. The van der Waals surface area contributed by atoms with Crippen LogP contribution in [0.5, 0.6) is 0 Å². The number of amides is 1. The molecule has 2 aliphatic heterocycles. The molecule has 28 heavy (non-hydrogen) atoms. The molecule has 0 N–H and O–H groups in total. The molecule has 0 spiro atoms. The van der Waals surface area contributed by atoms with E-state index in [4.69, 9.17) is 16.3 Å². The van der Waals surface area contributed by atoms with Crippen LogP contribution < -0.4 is 9.80 Å². The number of morpholine rings is 1. The normalized spacial score (nSPS) is 17.7. The molecule has 148 valence electrons. The molecule has 0 saturated carbocycles. The summed E-state index contributed by atoms with van der Waals surface area (Å²) in [5.74, 6) is -0.195. The maximum absolute atomic E-state index is 14.0. The number of anilines is 2. The second-order valence-corrected chi connectivity index (χ2v) is 7.15. The first-order valence-electron chi connectivity index (χ1n) is 9.27. The van der Waals surface area contributed by atoms with E-state index >= 15 is 0 Å². The van der Waals surface area contributed by atoms with Gasteiger partial charge in [0.05, 0.1) is 35.7 Å².